The SMILES string of the molecule is CC1SCCCC1NCCC1CCCCO1. The fourth-order valence-corrected chi connectivity index (χ4v) is 3.83. The van der Waals surface area contributed by atoms with E-state index in [1.165, 1.54) is 44.3 Å². The molecule has 2 saturated heterocycles. The van der Waals surface area contributed by atoms with Gasteiger partial charge in [0, 0.05) is 17.9 Å². The van der Waals surface area contributed by atoms with Crippen LogP contribution in [0.3, 0.4) is 0 Å². The maximum absolute atomic E-state index is 5.75. The molecule has 0 aromatic carbocycles. The van der Waals surface area contributed by atoms with E-state index in [0.717, 1.165) is 24.4 Å². The summed E-state index contributed by atoms with van der Waals surface area (Å²) in [5.41, 5.74) is 0. The van der Waals surface area contributed by atoms with Crippen LogP contribution in [-0.4, -0.2) is 36.3 Å². The highest BCUT2D eigenvalue weighted by Crippen LogP contribution is 2.25. The molecular weight excluding hydrogens is 218 g/mol. The summed E-state index contributed by atoms with van der Waals surface area (Å²) >= 11 is 2.12. The Labute approximate surface area is 104 Å². The Morgan fingerprint density at radius 3 is 2.94 bits per heavy atom. The number of ether oxygens (including phenoxy) is 1. The average Bonchev–Trinajstić information content (AvgIpc) is 2.33. The Kier molecular flexibility index (Phi) is 5.46. The Bertz CT molecular complexity index is 194. The zero-order chi connectivity index (χ0) is 11.2. The molecule has 94 valence electrons. The molecule has 0 saturated carbocycles. The van der Waals surface area contributed by atoms with Gasteiger partial charge in [0.15, 0.2) is 0 Å². The van der Waals surface area contributed by atoms with E-state index in [4.69, 9.17) is 4.74 Å². The van der Waals surface area contributed by atoms with Gasteiger partial charge >= 0.3 is 0 Å². The Balaban J connectivity index is 1.59. The van der Waals surface area contributed by atoms with Crippen molar-refractivity contribution in [1.29, 1.82) is 0 Å². The van der Waals surface area contributed by atoms with Gasteiger partial charge in [-0.05, 0) is 50.8 Å². The number of thioether (sulfide) groups is 1. The average molecular weight is 243 g/mol. The molecule has 2 aliphatic heterocycles. The summed E-state index contributed by atoms with van der Waals surface area (Å²) in [5, 5.41) is 4.51. The van der Waals surface area contributed by atoms with Gasteiger partial charge in [0.1, 0.15) is 0 Å². The number of hydrogen-bond donors (Lipinski definition) is 1. The standard InChI is InChI=1S/C13H25NOS/c1-11-13(6-4-10-16-11)14-8-7-12-5-2-3-9-15-12/h11-14H,2-10H2,1H3. The van der Waals surface area contributed by atoms with Crippen LogP contribution in [0.25, 0.3) is 0 Å². The van der Waals surface area contributed by atoms with E-state index in [1.807, 2.05) is 0 Å². The van der Waals surface area contributed by atoms with Crippen LogP contribution in [0.4, 0.5) is 0 Å². The monoisotopic (exact) mass is 243 g/mol. The van der Waals surface area contributed by atoms with Crippen LogP contribution in [0, 0.1) is 0 Å². The summed E-state index contributed by atoms with van der Waals surface area (Å²) in [6.07, 6.45) is 8.38. The van der Waals surface area contributed by atoms with Crippen LogP contribution < -0.4 is 5.32 Å². The van der Waals surface area contributed by atoms with E-state index in [1.54, 1.807) is 0 Å². The minimum absolute atomic E-state index is 0.535. The van der Waals surface area contributed by atoms with Gasteiger partial charge in [-0.3, -0.25) is 0 Å². The molecule has 0 spiro atoms. The summed E-state index contributed by atoms with van der Waals surface area (Å²) in [6.45, 7) is 4.49. The Morgan fingerprint density at radius 1 is 1.25 bits per heavy atom. The van der Waals surface area contributed by atoms with Gasteiger partial charge in [-0.25, -0.2) is 0 Å². The predicted molar refractivity (Wildman–Crippen MR) is 71.2 cm³/mol. The molecule has 0 radical (unpaired) electrons. The largest absolute Gasteiger partial charge is 0.378 e. The molecule has 0 aliphatic carbocycles. The van der Waals surface area contributed by atoms with Crippen molar-refractivity contribution in [2.75, 3.05) is 18.9 Å². The molecule has 1 N–H and O–H groups in total. The third-order valence-corrected chi connectivity index (χ3v) is 5.13. The summed E-state index contributed by atoms with van der Waals surface area (Å²) < 4.78 is 5.75. The quantitative estimate of drug-likeness (QED) is 0.820. The second-order valence-electron chi connectivity index (χ2n) is 5.06. The molecule has 3 unspecified atom stereocenters. The first-order valence-electron chi connectivity index (χ1n) is 6.83. The molecule has 3 heteroatoms. The van der Waals surface area contributed by atoms with Gasteiger partial charge < -0.3 is 10.1 Å². The van der Waals surface area contributed by atoms with Gasteiger partial charge in [0.05, 0.1) is 6.10 Å². The first kappa shape index (κ1) is 12.7. The fraction of sp³-hybridized carbons (Fsp3) is 1.00. The lowest BCUT2D eigenvalue weighted by Gasteiger charge is -2.30. The predicted octanol–water partition coefficient (Wildman–Crippen LogP) is 2.82. The van der Waals surface area contributed by atoms with Gasteiger partial charge in [-0.1, -0.05) is 6.92 Å². The highest BCUT2D eigenvalue weighted by atomic mass is 32.2. The van der Waals surface area contributed by atoms with Crippen molar-refractivity contribution in [3.05, 3.63) is 0 Å². The van der Waals surface area contributed by atoms with E-state index in [9.17, 15) is 0 Å². The fourth-order valence-electron chi connectivity index (χ4n) is 2.66. The van der Waals surface area contributed by atoms with Crippen molar-refractivity contribution >= 4 is 11.8 Å². The lowest BCUT2D eigenvalue weighted by Crippen LogP contribution is -2.40. The van der Waals surface area contributed by atoms with Crippen LogP contribution >= 0.6 is 11.8 Å². The van der Waals surface area contributed by atoms with Gasteiger partial charge in [0.2, 0.25) is 0 Å². The molecule has 16 heavy (non-hydrogen) atoms. The molecule has 3 atom stereocenters. The molecule has 2 nitrogen and oxygen atoms in total. The van der Waals surface area contributed by atoms with Crippen molar-refractivity contribution < 1.29 is 4.74 Å². The highest BCUT2D eigenvalue weighted by Gasteiger charge is 2.21. The summed E-state index contributed by atoms with van der Waals surface area (Å²) in [5.74, 6) is 1.35. The van der Waals surface area contributed by atoms with Crippen LogP contribution in [-0.2, 0) is 4.74 Å². The lowest BCUT2D eigenvalue weighted by molar-refractivity contribution is 0.0111. The second-order valence-corrected chi connectivity index (χ2v) is 6.54. The van der Waals surface area contributed by atoms with E-state index >= 15 is 0 Å². The molecule has 0 bridgehead atoms. The summed E-state index contributed by atoms with van der Waals surface area (Å²) in [6, 6.07) is 0.738. The van der Waals surface area contributed by atoms with E-state index in [-0.39, 0.29) is 0 Å². The van der Waals surface area contributed by atoms with Crippen LogP contribution in [0.15, 0.2) is 0 Å². The van der Waals surface area contributed by atoms with Crippen LogP contribution in [0.2, 0.25) is 0 Å². The maximum atomic E-state index is 5.75. The van der Waals surface area contributed by atoms with Crippen molar-refractivity contribution in [2.45, 2.75) is 62.8 Å². The number of hydrogen-bond acceptors (Lipinski definition) is 3. The molecule has 2 rings (SSSR count). The minimum Gasteiger partial charge on any atom is -0.378 e. The molecule has 0 aromatic rings. The van der Waals surface area contributed by atoms with Crippen LogP contribution in [0.5, 0.6) is 0 Å². The van der Waals surface area contributed by atoms with Gasteiger partial charge in [-0.15, -0.1) is 0 Å². The molecule has 0 aromatic heterocycles. The highest BCUT2D eigenvalue weighted by molar-refractivity contribution is 7.99. The van der Waals surface area contributed by atoms with Gasteiger partial charge in [-0.2, -0.15) is 11.8 Å². The molecule has 2 aliphatic rings. The first-order chi connectivity index (χ1) is 7.86. The Morgan fingerprint density at radius 2 is 2.19 bits per heavy atom. The third kappa shape index (κ3) is 3.94. The van der Waals surface area contributed by atoms with E-state index in [2.05, 4.69) is 24.0 Å². The zero-order valence-corrected chi connectivity index (χ0v) is 11.2. The van der Waals surface area contributed by atoms with E-state index in [0.29, 0.717) is 6.10 Å². The summed E-state index contributed by atoms with van der Waals surface area (Å²) in [4.78, 5) is 0. The first-order valence-corrected chi connectivity index (χ1v) is 7.88. The summed E-state index contributed by atoms with van der Waals surface area (Å²) in [7, 11) is 0. The van der Waals surface area contributed by atoms with Gasteiger partial charge in [0.25, 0.3) is 0 Å². The third-order valence-electron chi connectivity index (χ3n) is 3.75. The number of nitrogens with one attached hydrogen (secondary N) is 1. The van der Waals surface area contributed by atoms with Crippen molar-refractivity contribution in [3.63, 3.8) is 0 Å². The lowest BCUT2D eigenvalue weighted by atomic mass is 10.1. The van der Waals surface area contributed by atoms with Crippen molar-refractivity contribution in [1.82, 2.24) is 5.32 Å². The Hall–Kier alpha value is 0.270. The smallest absolute Gasteiger partial charge is 0.0587 e. The van der Waals surface area contributed by atoms with E-state index < -0.39 is 0 Å². The molecule has 2 fully saturated rings. The topological polar surface area (TPSA) is 21.3 Å². The number of rotatable bonds is 4. The molecular formula is C13H25NOS. The second kappa shape index (κ2) is 6.87. The maximum Gasteiger partial charge on any atom is 0.0587 e. The van der Waals surface area contributed by atoms with Crippen molar-refractivity contribution in [3.8, 4) is 0 Å². The normalized spacial score (nSPS) is 36.2. The van der Waals surface area contributed by atoms with Crippen molar-refractivity contribution in [2.24, 2.45) is 0 Å². The minimum atomic E-state index is 0.535. The zero-order valence-electron chi connectivity index (χ0n) is 10.4. The van der Waals surface area contributed by atoms with Crippen LogP contribution in [0.1, 0.15) is 45.4 Å². The molecule has 0 amide bonds. The molecule has 2 heterocycles.